The SMILES string of the molecule is Bc1ccc(-c2ccc([Si](c3ccccc3)(c3ccccc3)c3ccccc3)cc2)cc1. The first-order valence-electron chi connectivity index (χ1n) is 11.1. The molecule has 0 nitrogen and oxygen atoms in total. The van der Waals surface area contributed by atoms with Crippen molar-refractivity contribution in [3.8, 4) is 11.1 Å². The topological polar surface area (TPSA) is 0 Å². The normalized spacial score (nSPS) is 11.2. The zero-order valence-electron chi connectivity index (χ0n) is 18.3. The third-order valence-electron chi connectivity index (χ3n) is 6.32. The lowest BCUT2D eigenvalue weighted by Crippen LogP contribution is -2.74. The molecule has 0 aliphatic heterocycles. The van der Waals surface area contributed by atoms with E-state index in [0.29, 0.717) is 0 Å². The van der Waals surface area contributed by atoms with Gasteiger partial charge in [-0.2, -0.15) is 0 Å². The highest BCUT2D eigenvalue weighted by atomic mass is 28.3. The Labute approximate surface area is 192 Å². The highest BCUT2D eigenvalue weighted by molar-refractivity contribution is 7.19. The zero-order chi connectivity index (χ0) is 21.8. The van der Waals surface area contributed by atoms with Crippen molar-refractivity contribution < 1.29 is 0 Å². The van der Waals surface area contributed by atoms with E-state index < -0.39 is 8.07 Å². The van der Waals surface area contributed by atoms with Crippen LogP contribution in [0, 0.1) is 0 Å². The van der Waals surface area contributed by atoms with Gasteiger partial charge in [-0.15, -0.1) is 0 Å². The van der Waals surface area contributed by atoms with Crippen molar-refractivity contribution >= 4 is 42.1 Å². The minimum atomic E-state index is -2.43. The van der Waals surface area contributed by atoms with E-state index in [1.165, 1.54) is 37.3 Å². The first kappa shape index (κ1) is 20.3. The van der Waals surface area contributed by atoms with Gasteiger partial charge in [-0.25, -0.2) is 0 Å². The molecule has 0 aliphatic rings. The van der Waals surface area contributed by atoms with Crippen molar-refractivity contribution in [1.29, 1.82) is 0 Å². The third kappa shape index (κ3) is 3.63. The second-order valence-electron chi connectivity index (χ2n) is 8.29. The summed E-state index contributed by atoms with van der Waals surface area (Å²) in [5.41, 5.74) is 3.80. The van der Waals surface area contributed by atoms with E-state index >= 15 is 0 Å². The van der Waals surface area contributed by atoms with Gasteiger partial charge in [0.15, 0.2) is 8.07 Å². The Morgan fingerprint density at radius 3 is 1.03 bits per heavy atom. The molecule has 0 atom stereocenters. The van der Waals surface area contributed by atoms with Crippen LogP contribution in [-0.2, 0) is 0 Å². The summed E-state index contributed by atoms with van der Waals surface area (Å²) in [6, 6.07) is 51.3. The molecule has 0 amide bonds. The second kappa shape index (κ2) is 8.86. The number of hydrogen-bond donors (Lipinski definition) is 0. The smallest absolute Gasteiger partial charge is 0.0889 e. The fourth-order valence-corrected chi connectivity index (χ4v) is 9.47. The number of rotatable bonds is 5. The van der Waals surface area contributed by atoms with E-state index in [2.05, 4.69) is 147 Å². The molecule has 0 heterocycles. The van der Waals surface area contributed by atoms with E-state index in [1.807, 2.05) is 0 Å². The van der Waals surface area contributed by atoms with Crippen LogP contribution in [0.3, 0.4) is 0 Å². The van der Waals surface area contributed by atoms with Gasteiger partial charge in [-0.1, -0.05) is 145 Å². The minimum Gasteiger partial charge on any atom is -0.0889 e. The Morgan fingerprint density at radius 2 is 0.656 bits per heavy atom. The van der Waals surface area contributed by atoms with Crippen molar-refractivity contribution in [3.63, 3.8) is 0 Å². The molecule has 5 aromatic carbocycles. The summed E-state index contributed by atoms with van der Waals surface area (Å²) < 4.78 is 0. The monoisotopic (exact) mass is 424 g/mol. The molecule has 152 valence electrons. The maximum absolute atomic E-state index is 2.43. The van der Waals surface area contributed by atoms with Gasteiger partial charge >= 0.3 is 0 Å². The summed E-state index contributed by atoms with van der Waals surface area (Å²) in [6.45, 7) is 0. The first-order chi connectivity index (χ1) is 15.8. The standard InChI is InChI=1S/C30H25BSi/c31-26-20-16-24(17-21-26)25-18-22-30(23-19-25)32(27-10-4-1-5-11-27,28-12-6-2-7-13-28)29-14-8-3-9-15-29/h1-23H,31H2. The van der Waals surface area contributed by atoms with Crippen molar-refractivity contribution in [1.82, 2.24) is 0 Å². The Kier molecular flexibility index (Phi) is 5.62. The predicted octanol–water partition coefficient (Wildman–Crippen LogP) is 2.99. The average molecular weight is 424 g/mol. The molecule has 0 saturated carbocycles. The van der Waals surface area contributed by atoms with Gasteiger partial charge < -0.3 is 0 Å². The molecule has 0 radical (unpaired) electrons. The fraction of sp³-hybridized carbons (Fsp3) is 0. The van der Waals surface area contributed by atoms with Crippen LogP contribution in [0.2, 0.25) is 0 Å². The van der Waals surface area contributed by atoms with Crippen molar-refractivity contribution in [2.45, 2.75) is 0 Å². The summed E-state index contributed by atoms with van der Waals surface area (Å²) in [6.07, 6.45) is 0. The summed E-state index contributed by atoms with van der Waals surface area (Å²) >= 11 is 0. The Bertz CT molecular complexity index is 1180. The molecule has 0 aromatic heterocycles. The van der Waals surface area contributed by atoms with Crippen molar-refractivity contribution in [3.05, 3.63) is 140 Å². The van der Waals surface area contributed by atoms with Crippen LogP contribution in [0.1, 0.15) is 0 Å². The van der Waals surface area contributed by atoms with Crippen LogP contribution in [-0.4, -0.2) is 15.9 Å². The molecule has 5 rings (SSSR count). The summed E-state index contributed by atoms with van der Waals surface area (Å²) in [4.78, 5) is 0. The lowest BCUT2D eigenvalue weighted by atomic mass is 9.94. The summed E-state index contributed by atoms with van der Waals surface area (Å²) in [5, 5.41) is 5.61. The van der Waals surface area contributed by atoms with Gasteiger partial charge in [-0.3, -0.25) is 0 Å². The highest BCUT2D eigenvalue weighted by Gasteiger charge is 2.41. The maximum atomic E-state index is 2.36. The molecule has 0 fully saturated rings. The molecule has 0 spiro atoms. The molecule has 5 aromatic rings. The molecule has 0 bridgehead atoms. The van der Waals surface area contributed by atoms with Crippen LogP contribution in [0.5, 0.6) is 0 Å². The molecule has 0 aliphatic carbocycles. The summed E-state index contributed by atoms with van der Waals surface area (Å²) in [7, 11) is -0.301. The second-order valence-corrected chi connectivity index (χ2v) is 12.1. The van der Waals surface area contributed by atoms with E-state index in [1.54, 1.807) is 0 Å². The third-order valence-corrected chi connectivity index (χ3v) is 11.1. The lowest BCUT2D eigenvalue weighted by Gasteiger charge is -2.34. The van der Waals surface area contributed by atoms with Crippen LogP contribution >= 0.6 is 0 Å². The minimum absolute atomic E-state index is 1.26. The first-order valence-corrected chi connectivity index (χ1v) is 13.1. The molecule has 0 saturated heterocycles. The van der Waals surface area contributed by atoms with Crippen LogP contribution in [0.4, 0.5) is 0 Å². The van der Waals surface area contributed by atoms with Crippen molar-refractivity contribution in [2.24, 2.45) is 0 Å². The van der Waals surface area contributed by atoms with Gasteiger partial charge in [-0.05, 0) is 31.9 Å². The molecular weight excluding hydrogens is 399 g/mol. The molecule has 2 heteroatoms. The molecule has 32 heavy (non-hydrogen) atoms. The lowest BCUT2D eigenvalue weighted by molar-refractivity contribution is 1.63. The number of benzene rings is 5. The largest absolute Gasteiger partial charge is 0.179 e. The van der Waals surface area contributed by atoms with E-state index in [9.17, 15) is 0 Å². The molecule has 0 N–H and O–H groups in total. The van der Waals surface area contributed by atoms with E-state index in [-0.39, 0.29) is 0 Å². The van der Waals surface area contributed by atoms with Crippen LogP contribution in [0.25, 0.3) is 11.1 Å². The van der Waals surface area contributed by atoms with Crippen LogP contribution < -0.4 is 26.2 Å². The van der Waals surface area contributed by atoms with Gasteiger partial charge in [0, 0.05) is 0 Å². The maximum Gasteiger partial charge on any atom is 0.179 e. The Morgan fingerprint density at radius 1 is 0.344 bits per heavy atom. The molecule has 0 unspecified atom stereocenters. The Hall–Kier alpha value is -3.62. The van der Waals surface area contributed by atoms with Gasteiger partial charge in [0.1, 0.15) is 7.85 Å². The zero-order valence-corrected chi connectivity index (χ0v) is 19.3. The fourth-order valence-electron chi connectivity index (χ4n) is 4.72. The quantitative estimate of drug-likeness (QED) is 0.301. The van der Waals surface area contributed by atoms with Gasteiger partial charge in [0.05, 0.1) is 0 Å². The summed E-state index contributed by atoms with van der Waals surface area (Å²) in [5.74, 6) is 0. The van der Waals surface area contributed by atoms with Crippen molar-refractivity contribution in [2.75, 3.05) is 0 Å². The van der Waals surface area contributed by atoms with Gasteiger partial charge in [0.25, 0.3) is 0 Å². The van der Waals surface area contributed by atoms with E-state index in [0.717, 1.165) is 0 Å². The highest BCUT2D eigenvalue weighted by Crippen LogP contribution is 2.18. The molecular formula is C30H25BSi. The number of hydrogen-bond acceptors (Lipinski definition) is 0. The Balaban J connectivity index is 1.76. The van der Waals surface area contributed by atoms with Crippen LogP contribution in [0.15, 0.2) is 140 Å². The van der Waals surface area contributed by atoms with Gasteiger partial charge in [0.2, 0.25) is 0 Å². The average Bonchev–Trinajstić information content (AvgIpc) is 2.88. The predicted molar refractivity (Wildman–Crippen MR) is 144 cm³/mol. The van der Waals surface area contributed by atoms with E-state index in [4.69, 9.17) is 0 Å².